The summed E-state index contributed by atoms with van der Waals surface area (Å²) in [6.07, 6.45) is 9.27. The summed E-state index contributed by atoms with van der Waals surface area (Å²) >= 11 is 0. The molecule has 2 amide bonds. The minimum atomic E-state index is -0.313. The molecule has 0 bridgehead atoms. The molecule has 3 aromatic carbocycles. The van der Waals surface area contributed by atoms with Crippen molar-refractivity contribution in [2.75, 3.05) is 10.6 Å². The lowest BCUT2D eigenvalue weighted by molar-refractivity contribution is 0.262. The molecule has 38 heavy (non-hydrogen) atoms. The lowest BCUT2D eigenvalue weighted by Gasteiger charge is -2.11. The second-order valence-electron chi connectivity index (χ2n) is 9.17. The molecule has 8 nitrogen and oxygen atoms in total. The molecule has 0 aliphatic heterocycles. The molecular weight excluding hydrogens is 474 g/mol. The van der Waals surface area contributed by atoms with Crippen LogP contribution >= 0.6 is 0 Å². The van der Waals surface area contributed by atoms with E-state index in [4.69, 9.17) is 4.98 Å². The fourth-order valence-corrected chi connectivity index (χ4v) is 4.23. The molecule has 0 fully saturated rings. The molecule has 3 aromatic heterocycles. The molecule has 2 N–H and O–H groups in total. The van der Waals surface area contributed by atoms with Crippen LogP contribution in [0.15, 0.2) is 104 Å². The van der Waals surface area contributed by atoms with Crippen LogP contribution in [0.2, 0.25) is 0 Å². The lowest BCUT2D eigenvalue weighted by atomic mass is 10.1. The molecule has 0 radical (unpaired) electrons. The third-order valence-electron chi connectivity index (χ3n) is 6.26. The van der Waals surface area contributed by atoms with Crippen LogP contribution in [0, 0.1) is 13.8 Å². The van der Waals surface area contributed by atoms with E-state index in [1.54, 1.807) is 12.5 Å². The van der Waals surface area contributed by atoms with Gasteiger partial charge in [0.05, 0.1) is 11.4 Å². The van der Waals surface area contributed by atoms with Gasteiger partial charge in [0.25, 0.3) is 0 Å². The summed E-state index contributed by atoms with van der Waals surface area (Å²) < 4.78 is 3.82. The highest BCUT2D eigenvalue weighted by Gasteiger charge is 2.13. The molecule has 0 saturated heterocycles. The van der Waals surface area contributed by atoms with Gasteiger partial charge >= 0.3 is 6.03 Å². The van der Waals surface area contributed by atoms with E-state index in [2.05, 4.69) is 51.8 Å². The Morgan fingerprint density at radius 3 is 2.29 bits per heavy atom. The number of benzene rings is 3. The van der Waals surface area contributed by atoms with Crippen molar-refractivity contribution in [3.05, 3.63) is 115 Å². The number of nitrogens with one attached hydrogen (secondary N) is 2. The van der Waals surface area contributed by atoms with Gasteiger partial charge in [0.2, 0.25) is 0 Å². The van der Waals surface area contributed by atoms with Gasteiger partial charge in [-0.15, -0.1) is 0 Å². The maximum absolute atomic E-state index is 12.6. The Labute approximate surface area is 219 Å². The van der Waals surface area contributed by atoms with Gasteiger partial charge in [0, 0.05) is 47.3 Å². The SMILES string of the molecule is Cc1ccc(NC(=O)Nc2cccc(-c3cn4ccnc4c(-n4cnc(-c5ccc(C)cc5)c4)n3)c2)cc1. The number of fused-ring (bicyclic) bond motifs is 1. The average Bonchev–Trinajstić information content (AvgIpc) is 3.60. The third-order valence-corrected chi connectivity index (χ3v) is 6.26. The zero-order chi connectivity index (χ0) is 26.1. The van der Waals surface area contributed by atoms with Gasteiger partial charge in [0.15, 0.2) is 11.5 Å². The predicted octanol–water partition coefficient (Wildman–Crippen LogP) is 6.51. The zero-order valence-corrected chi connectivity index (χ0v) is 21.0. The van der Waals surface area contributed by atoms with Crippen LogP contribution in [0.1, 0.15) is 11.1 Å². The number of anilines is 2. The Balaban J connectivity index is 1.30. The number of imidazole rings is 2. The first-order chi connectivity index (χ1) is 18.5. The maximum Gasteiger partial charge on any atom is 0.323 e. The van der Waals surface area contributed by atoms with Crippen LogP contribution in [-0.4, -0.2) is 30.0 Å². The fraction of sp³-hybridized carbons (Fsp3) is 0.0667. The largest absolute Gasteiger partial charge is 0.323 e. The summed E-state index contributed by atoms with van der Waals surface area (Å²) in [7, 11) is 0. The molecule has 6 aromatic rings. The Hall–Kier alpha value is -5.24. The van der Waals surface area contributed by atoms with Gasteiger partial charge < -0.3 is 15.0 Å². The van der Waals surface area contributed by atoms with E-state index >= 15 is 0 Å². The number of aromatic nitrogens is 5. The van der Waals surface area contributed by atoms with Crippen molar-refractivity contribution in [3.63, 3.8) is 0 Å². The lowest BCUT2D eigenvalue weighted by Crippen LogP contribution is -2.19. The Morgan fingerprint density at radius 1 is 0.763 bits per heavy atom. The second kappa shape index (κ2) is 9.67. The van der Waals surface area contributed by atoms with Gasteiger partial charge in [0.1, 0.15) is 6.33 Å². The highest BCUT2D eigenvalue weighted by molar-refractivity contribution is 6.00. The van der Waals surface area contributed by atoms with Gasteiger partial charge in [-0.05, 0) is 38.1 Å². The minimum Gasteiger partial charge on any atom is -0.308 e. The van der Waals surface area contributed by atoms with Gasteiger partial charge in [-0.2, -0.15) is 0 Å². The number of amides is 2. The van der Waals surface area contributed by atoms with Gasteiger partial charge in [-0.1, -0.05) is 59.7 Å². The van der Waals surface area contributed by atoms with E-state index in [1.807, 2.05) is 83.0 Å². The second-order valence-corrected chi connectivity index (χ2v) is 9.17. The van der Waals surface area contributed by atoms with Crippen LogP contribution in [0.5, 0.6) is 0 Å². The first kappa shape index (κ1) is 23.2. The summed E-state index contributed by atoms with van der Waals surface area (Å²) in [5.41, 5.74) is 7.91. The molecule has 8 heteroatoms. The maximum atomic E-state index is 12.6. The summed E-state index contributed by atoms with van der Waals surface area (Å²) in [5, 5.41) is 5.77. The summed E-state index contributed by atoms with van der Waals surface area (Å²) in [5.74, 6) is 0.661. The number of rotatable bonds is 5. The number of hydrogen-bond acceptors (Lipinski definition) is 4. The van der Waals surface area contributed by atoms with E-state index in [0.717, 1.165) is 33.8 Å². The van der Waals surface area contributed by atoms with E-state index in [-0.39, 0.29) is 6.03 Å². The Bertz CT molecular complexity index is 1750. The molecule has 6 rings (SSSR count). The van der Waals surface area contributed by atoms with E-state index in [0.29, 0.717) is 17.2 Å². The van der Waals surface area contributed by atoms with E-state index in [1.165, 1.54) is 5.56 Å². The molecule has 0 aliphatic carbocycles. The molecule has 0 spiro atoms. The van der Waals surface area contributed by atoms with Crippen molar-refractivity contribution in [3.8, 4) is 28.3 Å². The number of carbonyl (C=O) groups excluding carboxylic acids is 1. The minimum absolute atomic E-state index is 0.313. The van der Waals surface area contributed by atoms with E-state index in [9.17, 15) is 4.79 Å². The summed E-state index contributed by atoms with van der Waals surface area (Å²) in [6.45, 7) is 4.07. The van der Waals surface area contributed by atoms with Crippen molar-refractivity contribution >= 4 is 23.1 Å². The van der Waals surface area contributed by atoms with Gasteiger partial charge in [-0.3, -0.25) is 4.57 Å². The van der Waals surface area contributed by atoms with Crippen LogP contribution in [-0.2, 0) is 0 Å². The summed E-state index contributed by atoms with van der Waals surface area (Å²) in [4.78, 5) is 26.6. The van der Waals surface area contributed by atoms with Crippen molar-refractivity contribution < 1.29 is 4.79 Å². The van der Waals surface area contributed by atoms with Crippen LogP contribution < -0.4 is 10.6 Å². The molecule has 0 aliphatic rings. The highest BCUT2D eigenvalue weighted by atomic mass is 16.2. The number of nitrogens with zero attached hydrogens (tertiary/aromatic N) is 5. The topological polar surface area (TPSA) is 89.1 Å². The third kappa shape index (κ3) is 4.75. The van der Waals surface area contributed by atoms with Crippen LogP contribution in [0.4, 0.5) is 16.2 Å². The number of hydrogen-bond donors (Lipinski definition) is 2. The predicted molar refractivity (Wildman–Crippen MR) is 150 cm³/mol. The normalized spacial score (nSPS) is 11.0. The molecular formula is C30H25N7O. The number of carbonyl (C=O) groups is 1. The van der Waals surface area contributed by atoms with Crippen LogP contribution in [0.25, 0.3) is 34.0 Å². The zero-order valence-electron chi connectivity index (χ0n) is 21.0. The first-order valence-corrected chi connectivity index (χ1v) is 12.2. The monoisotopic (exact) mass is 499 g/mol. The van der Waals surface area contributed by atoms with Gasteiger partial charge in [-0.25, -0.2) is 19.7 Å². The highest BCUT2D eigenvalue weighted by Crippen LogP contribution is 2.26. The van der Waals surface area contributed by atoms with Crippen molar-refractivity contribution in [2.24, 2.45) is 0 Å². The molecule has 0 atom stereocenters. The fourth-order valence-electron chi connectivity index (χ4n) is 4.23. The molecule has 186 valence electrons. The quantitative estimate of drug-likeness (QED) is 0.283. The molecule has 3 heterocycles. The van der Waals surface area contributed by atoms with Crippen molar-refractivity contribution in [1.82, 2.24) is 23.9 Å². The Morgan fingerprint density at radius 2 is 1.50 bits per heavy atom. The van der Waals surface area contributed by atoms with Crippen molar-refractivity contribution in [1.29, 1.82) is 0 Å². The molecule has 0 unspecified atom stereocenters. The van der Waals surface area contributed by atoms with Crippen molar-refractivity contribution in [2.45, 2.75) is 13.8 Å². The summed E-state index contributed by atoms with van der Waals surface area (Å²) in [6, 6.07) is 23.2. The first-order valence-electron chi connectivity index (χ1n) is 12.2. The standard InChI is InChI=1S/C30H25N7O/c1-20-6-10-22(11-7-20)26-17-37(19-32-26)29-28-31-14-15-36(28)18-27(35-29)23-4-3-5-25(16-23)34-30(38)33-24-12-8-21(2)9-13-24/h3-19H,1-2H3,(H2,33,34,38). The van der Waals surface area contributed by atoms with Crippen LogP contribution in [0.3, 0.4) is 0 Å². The van der Waals surface area contributed by atoms with E-state index < -0.39 is 0 Å². The average molecular weight is 500 g/mol. The Kier molecular flexibility index (Phi) is 5.89. The number of aryl methyl sites for hydroxylation is 2. The molecule has 0 saturated carbocycles. The smallest absolute Gasteiger partial charge is 0.308 e. The number of urea groups is 1.